The van der Waals surface area contributed by atoms with Crippen molar-refractivity contribution in [2.24, 2.45) is 0 Å². The first-order valence-corrected chi connectivity index (χ1v) is 7.28. The van der Waals surface area contributed by atoms with Gasteiger partial charge in [0.15, 0.2) is 6.61 Å². The van der Waals surface area contributed by atoms with Gasteiger partial charge >= 0.3 is 0 Å². The molecule has 1 amide bonds. The number of hydrogen-bond donors (Lipinski definition) is 1. The molecular formula is C16H20N2O3. The van der Waals surface area contributed by atoms with E-state index < -0.39 is 0 Å². The van der Waals surface area contributed by atoms with Crippen LogP contribution >= 0.6 is 0 Å². The highest BCUT2D eigenvalue weighted by Gasteiger charge is 2.24. The van der Waals surface area contributed by atoms with Gasteiger partial charge in [-0.3, -0.25) is 4.79 Å². The molecule has 1 saturated heterocycles. The first kappa shape index (κ1) is 15.3. The minimum Gasteiger partial charge on any atom is -0.484 e. The Bertz CT molecular complexity index is 507. The Morgan fingerprint density at radius 3 is 2.76 bits per heavy atom. The van der Waals surface area contributed by atoms with Gasteiger partial charge in [0, 0.05) is 6.54 Å². The van der Waals surface area contributed by atoms with E-state index in [-0.39, 0.29) is 25.2 Å². The molecule has 1 atom stereocenters. The largest absolute Gasteiger partial charge is 0.484 e. The average Bonchev–Trinajstić information content (AvgIpc) is 2.78. The maximum Gasteiger partial charge on any atom is 0.260 e. The first-order chi connectivity index (χ1) is 10.2. The summed E-state index contributed by atoms with van der Waals surface area (Å²) in [5, 5.41) is 18.1. The Kier molecular flexibility index (Phi) is 5.59. The Labute approximate surface area is 124 Å². The molecule has 2 rings (SSSR count). The Morgan fingerprint density at radius 2 is 2.10 bits per heavy atom. The number of nitriles is 1. The maximum atomic E-state index is 12.3. The summed E-state index contributed by atoms with van der Waals surface area (Å²) in [4.78, 5) is 14.0. The number of rotatable bonds is 4. The average molecular weight is 288 g/mol. The SMILES string of the molecule is N#Cc1ccc(OCC(=O)N2CCCCCC2CO)cc1. The molecule has 1 aliphatic rings. The fourth-order valence-corrected chi connectivity index (χ4v) is 2.55. The van der Waals surface area contributed by atoms with Gasteiger partial charge in [-0.15, -0.1) is 0 Å². The first-order valence-electron chi connectivity index (χ1n) is 7.28. The summed E-state index contributed by atoms with van der Waals surface area (Å²) < 4.78 is 5.47. The third-order valence-electron chi connectivity index (χ3n) is 3.75. The number of amides is 1. The van der Waals surface area contributed by atoms with Crippen LogP contribution in [0.25, 0.3) is 0 Å². The lowest BCUT2D eigenvalue weighted by atomic mass is 10.1. The standard InChI is InChI=1S/C16H20N2O3/c17-10-13-5-7-15(8-6-13)21-12-16(20)18-9-3-1-2-4-14(18)11-19/h5-8,14,19H,1-4,9,11-12H2. The molecule has 1 heterocycles. The molecule has 1 aromatic rings. The van der Waals surface area contributed by atoms with Crippen LogP contribution in [0.1, 0.15) is 31.2 Å². The van der Waals surface area contributed by atoms with E-state index in [9.17, 15) is 9.90 Å². The predicted molar refractivity (Wildman–Crippen MR) is 77.7 cm³/mol. The highest BCUT2D eigenvalue weighted by molar-refractivity contribution is 5.78. The molecule has 5 nitrogen and oxygen atoms in total. The summed E-state index contributed by atoms with van der Waals surface area (Å²) >= 11 is 0. The summed E-state index contributed by atoms with van der Waals surface area (Å²) in [6.45, 7) is 0.645. The monoisotopic (exact) mass is 288 g/mol. The van der Waals surface area contributed by atoms with E-state index in [0.29, 0.717) is 17.9 Å². The number of carbonyl (C=O) groups excluding carboxylic acids is 1. The van der Waals surface area contributed by atoms with Crippen LogP contribution in [0.3, 0.4) is 0 Å². The molecule has 1 unspecified atom stereocenters. The van der Waals surface area contributed by atoms with E-state index in [1.807, 2.05) is 6.07 Å². The molecule has 0 radical (unpaired) electrons. The fourth-order valence-electron chi connectivity index (χ4n) is 2.55. The van der Waals surface area contributed by atoms with Crippen LogP contribution in [0.15, 0.2) is 24.3 Å². The van der Waals surface area contributed by atoms with Crippen LogP contribution in [-0.4, -0.2) is 41.7 Å². The van der Waals surface area contributed by atoms with Crippen molar-refractivity contribution in [3.8, 4) is 11.8 Å². The molecule has 0 bridgehead atoms. The van der Waals surface area contributed by atoms with E-state index in [0.717, 1.165) is 25.7 Å². The number of likely N-dealkylation sites (tertiary alicyclic amines) is 1. The van der Waals surface area contributed by atoms with Crippen molar-refractivity contribution in [2.75, 3.05) is 19.8 Å². The van der Waals surface area contributed by atoms with Gasteiger partial charge in [-0.25, -0.2) is 0 Å². The quantitative estimate of drug-likeness (QED) is 0.915. The minimum absolute atomic E-state index is 0.00259. The predicted octanol–water partition coefficient (Wildman–Crippen LogP) is 1.70. The normalized spacial score (nSPS) is 18.7. The Balaban J connectivity index is 1.91. The van der Waals surface area contributed by atoms with E-state index in [2.05, 4.69) is 0 Å². The third-order valence-corrected chi connectivity index (χ3v) is 3.75. The van der Waals surface area contributed by atoms with Crippen LogP contribution in [0.4, 0.5) is 0 Å². The molecule has 1 aliphatic heterocycles. The third kappa shape index (κ3) is 4.20. The molecule has 112 valence electrons. The van der Waals surface area contributed by atoms with E-state index in [1.165, 1.54) is 0 Å². The molecule has 21 heavy (non-hydrogen) atoms. The highest BCUT2D eigenvalue weighted by Crippen LogP contribution is 2.17. The summed E-state index contributed by atoms with van der Waals surface area (Å²) in [5.41, 5.74) is 0.557. The van der Waals surface area contributed by atoms with Crippen LogP contribution in [0, 0.1) is 11.3 Å². The number of carbonyl (C=O) groups is 1. The molecule has 0 saturated carbocycles. The molecule has 0 aliphatic carbocycles. The van der Waals surface area contributed by atoms with Gasteiger partial charge in [0.2, 0.25) is 0 Å². The summed E-state index contributed by atoms with van der Waals surface area (Å²) in [7, 11) is 0. The molecule has 0 aromatic heterocycles. The van der Waals surface area contributed by atoms with E-state index >= 15 is 0 Å². The second-order valence-electron chi connectivity index (χ2n) is 5.20. The summed E-state index contributed by atoms with van der Waals surface area (Å²) in [6, 6.07) is 8.61. The number of aliphatic hydroxyl groups is 1. The molecule has 1 N–H and O–H groups in total. The van der Waals surface area contributed by atoms with Crippen LogP contribution < -0.4 is 4.74 Å². The second kappa shape index (κ2) is 7.65. The van der Waals surface area contributed by atoms with Crippen LogP contribution in [0.5, 0.6) is 5.75 Å². The van der Waals surface area contributed by atoms with Crippen LogP contribution in [-0.2, 0) is 4.79 Å². The van der Waals surface area contributed by atoms with Crippen molar-refractivity contribution in [1.82, 2.24) is 4.90 Å². The van der Waals surface area contributed by atoms with Gasteiger partial charge in [-0.1, -0.05) is 12.8 Å². The van der Waals surface area contributed by atoms with Gasteiger partial charge in [-0.2, -0.15) is 5.26 Å². The van der Waals surface area contributed by atoms with Crippen molar-refractivity contribution in [1.29, 1.82) is 5.26 Å². The lowest BCUT2D eigenvalue weighted by Gasteiger charge is -2.28. The molecule has 5 heteroatoms. The number of ether oxygens (including phenoxy) is 1. The Morgan fingerprint density at radius 1 is 1.33 bits per heavy atom. The number of hydrogen-bond acceptors (Lipinski definition) is 4. The smallest absolute Gasteiger partial charge is 0.260 e. The van der Waals surface area contributed by atoms with Gasteiger partial charge in [0.1, 0.15) is 5.75 Å². The van der Waals surface area contributed by atoms with E-state index in [1.54, 1.807) is 29.2 Å². The lowest BCUT2D eigenvalue weighted by molar-refractivity contribution is -0.136. The zero-order valence-corrected chi connectivity index (χ0v) is 12.0. The zero-order chi connectivity index (χ0) is 15.1. The number of benzene rings is 1. The summed E-state index contributed by atoms with van der Waals surface area (Å²) in [5.74, 6) is 0.470. The van der Waals surface area contributed by atoms with Gasteiger partial charge in [0.25, 0.3) is 5.91 Å². The van der Waals surface area contributed by atoms with Crippen molar-refractivity contribution < 1.29 is 14.6 Å². The molecule has 0 spiro atoms. The van der Waals surface area contributed by atoms with Crippen molar-refractivity contribution >= 4 is 5.91 Å². The second-order valence-corrected chi connectivity index (χ2v) is 5.20. The summed E-state index contributed by atoms with van der Waals surface area (Å²) in [6.07, 6.45) is 3.96. The lowest BCUT2D eigenvalue weighted by Crippen LogP contribution is -2.44. The maximum absolute atomic E-state index is 12.3. The van der Waals surface area contributed by atoms with Crippen LogP contribution in [0.2, 0.25) is 0 Å². The van der Waals surface area contributed by atoms with E-state index in [4.69, 9.17) is 10.00 Å². The number of nitrogens with zero attached hydrogens (tertiary/aromatic N) is 2. The van der Waals surface area contributed by atoms with Crippen molar-refractivity contribution in [2.45, 2.75) is 31.7 Å². The van der Waals surface area contributed by atoms with Gasteiger partial charge in [-0.05, 0) is 37.1 Å². The number of aliphatic hydroxyl groups excluding tert-OH is 1. The van der Waals surface area contributed by atoms with Crippen molar-refractivity contribution in [3.63, 3.8) is 0 Å². The zero-order valence-electron chi connectivity index (χ0n) is 12.0. The molecule has 1 fully saturated rings. The van der Waals surface area contributed by atoms with Crippen molar-refractivity contribution in [3.05, 3.63) is 29.8 Å². The minimum atomic E-state index is -0.0969. The Hall–Kier alpha value is -2.06. The highest BCUT2D eigenvalue weighted by atomic mass is 16.5. The van der Waals surface area contributed by atoms with Gasteiger partial charge in [0.05, 0.1) is 24.3 Å². The molecule has 1 aromatic carbocycles. The molecular weight excluding hydrogens is 268 g/mol. The van der Waals surface area contributed by atoms with Gasteiger partial charge < -0.3 is 14.7 Å². The fraction of sp³-hybridized carbons (Fsp3) is 0.500. The topological polar surface area (TPSA) is 73.6 Å².